The molecule has 1 aliphatic heterocycles. The van der Waals surface area contributed by atoms with Crippen molar-refractivity contribution in [1.29, 1.82) is 0 Å². The minimum Gasteiger partial charge on any atom is -0.506 e. The normalized spacial score (nSPS) is 14.3. The number of carbonyl (C=O) groups excluding carboxylic acids is 1. The summed E-state index contributed by atoms with van der Waals surface area (Å²) in [6.45, 7) is 5.08. The Hall–Kier alpha value is -3.28. The fourth-order valence-electron chi connectivity index (χ4n) is 3.73. The third-order valence-electron chi connectivity index (χ3n) is 5.06. The largest absolute Gasteiger partial charge is 0.506 e. The maximum Gasteiger partial charge on any atom is 0.341 e. The van der Waals surface area contributed by atoms with Crippen molar-refractivity contribution in [3.05, 3.63) is 60.3 Å². The second-order valence-corrected chi connectivity index (χ2v) is 6.72. The number of hydrogen-bond acceptors (Lipinski definition) is 6. The van der Waals surface area contributed by atoms with E-state index in [4.69, 9.17) is 4.74 Å². The maximum atomic E-state index is 12.5. The van der Waals surface area contributed by atoms with E-state index in [9.17, 15) is 9.90 Å². The Morgan fingerprint density at radius 2 is 1.71 bits per heavy atom. The van der Waals surface area contributed by atoms with Crippen molar-refractivity contribution < 1.29 is 14.6 Å². The Morgan fingerprint density at radius 1 is 1.04 bits per heavy atom. The molecular weight excluding hydrogens is 354 g/mol. The van der Waals surface area contributed by atoms with Gasteiger partial charge in [0.15, 0.2) is 0 Å². The van der Waals surface area contributed by atoms with Gasteiger partial charge in [-0.3, -0.25) is 4.98 Å². The highest BCUT2D eigenvalue weighted by atomic mass is 16.5. The summed E-state index contributed by atoms with van der Waals surface area (Å²) in [6, 6.07) is 15.2. The molecule has 144 valence electrons. The van der Waals surface area contributed by atoms with Crippen molar-refractivity contribution in [2.75, 3.05) is 42.6 Å². The van der Waals surface area contributed by atoms with E-state index in [2.05, 4.69) is 14.8 Å². The Bertz CT molecular complexity index is 997. The van der Waals surface area contributed by atoms with Crippen molar-refractivity contribution in [3.8, 4) is 5.75 Å². The lowest BCUT2D eigenvalue weighted by molar-refractivity contribution is 0.0527. The molecular formula is C22H23N3O3. The van der Waals surface area contributed by atoms with Crippen LogP contribution in [-0.4, -0.2) is 48.8 Å². The van der Waals surface area contributed by atoms with Crippen LogP contribution in [0.4, 0.5) is 11.4 Å². The summed E-state index contributed by atoms with van der Waals surface area (Å²) < 4.78 is 5.27. The number of aromatic hydroxyl groups is 1. The molecule has 0 spiro atoms. The number of piperazine rings is 1. The molecule has 0 amide bonds. The van der Waals surface area contributed by atoms with E-state index in [1.165, 1.54) is 0 Å². The number of fused-ring (bicyclic) bond motifs is 1. The Kier molecular flexibility index (Phi) is 5.02. The first kappa shape index (κ1) is 18.1. The second-order valence-electron chi connectivity index (χ2n) is 6.72. The van der Waals surface area contributed by atoms with Crippen LogP contribution in [0.3, 0.4) is 0 Å². The molecule has 0 atom stereocenters. The first-order valence-corrected chi connectivity index (χ1v) is 9.51. The van der Waals surface area contributed by atoms with Crippen LogP contribution in [0.2, 0.25) is 0 Å². The molecule has 2 heterocycles. The van der Waals surface area contributed by atoms with Gasteiger partial charge in [-0.15, -0.1) is 0 Å². The monoisotopic (exact) mass is 377 g/mol. The molecule has 6 nitrogen and oxygen atoms in total. The zero-order valence-corrected chi connectivity index (χ0v) is 15.8. The third kappa shape index (κ3) is 3.33. The van der Waals surface area contributed by atoms with Gasteiger partial charge in [0.05, 0.1) is 23.5 Å². The van der Waals surface area contributed by atoms with Crippen LogP contribution < -0.4 is 9.80 Å². The molecule has 4 rings (SSSR count). The summed E-state index contributed by atoms with van der Waals surface area (Å²) >= 11 is 0. The zero-order valence-electron chi connectivity index (χ0n) is 15.8. The summed E-state index contributed by atoms with van der Waals surface area (Å²) in [5.41, 5.74) is 3.07. The smallest absolute Gasteiger partial charge is 0.341 e. The van der Waals surface area contributed by atoms with E-state index in [-0.39, 0.29) is 11.7 Å². The third-order valence-corrected chi connectivity index (χ3v) is 5.06. The Balaban J connectivity index is 1.66. The van der Waals surface area contributed by atoms with E-state index in [1.807, 2.05) is 42.5 Å². The van der Waals surface area contributed by atoms with Crippen LogP contribution in [-0.2, 0) is 4.74 Å². The number of pyridine rings is 1. The first-order chi connectivity index (χ1) is 13.7. The summed E-state index contributed by atoms with van der Waals surface area (Å²) in [5.74, 6) is -0.0589. The van der Waals surface area contributed by atoms with Crippen LogP contribution in [0.1, 0.15) is 17.3 Å². The molecule has 0 unspecified atom stereocenters. The van der Waals surface area contributed by atoms with Gasteiger partial charge in [0.1, 0.15) is 11.3 Å². The zero-order chi connectivity index (χ0) is 19.5. The molecule has 3 aromatic rings. The average molecular weight is 377 g/mol. The number of carbonyl (C=O) groups is 1. The maximum absolute atomic E-state index is 12.5. The highest BCUT2D eigenvalue weighted by molar-refractivity contribution is 6.05. The SMILES string of the molecule is CCOC(=O)c1cnc2ccccc2c1N1CCN(c2ccccc2O)CC1. The van der Waals surface area contributed by atoms with E-state index in [0.29, 0.717) is 12.2 Å². The van der Waals surface area contributed by atoms with Gasteiger partial charge in [0.25, 0.3) is 0 Å². The van der Waals surface area contributed by atoms with Crippen molar-refractivity contribution in [2.45, 2.75) is 6.92 Å². The molecule has 0 aliphatic carbocycles. The number of anilines is 2. The highest BCUT2D eigenvalue weighted by Crippen LogP contribution is 2.33. The molecule has 0 bridgehead atoms. The molecule has 0 radical (unpaired) electrons. The summed E-state index contributed by atoms with van der Waals surface area (Å²) in [7, 11) is 0. The van der Waals surface area contributed by atoms with Gasteiger partial charge < -0.3 is 19.6 Å². The average Bonchev–Trinajstić information content (AvgIpc) is 2.73. The number of ether oxygens (including phenoxy) is 1. The quantitative estimate of drug-likeness (QED) is 0.703. The topological polar surface area (TPSA) is 65.9 Å². The number of phenolic OH excluding ortho intramolecular Hbond substituents is 1. The second kappa shape index (κ2) is 7.76. The minimum absolute atomic E-state index is 0.289. The predicted molar refractivity (Wildman–Crippen MR) is 110 cm³/mol. The van der Waals surface area contributed by atoms with Crippen molar-refractivity contribution in [1.82, 2.24) is 4.98 Å². The van der Waals surface area contributed by atoms with Gasteiger partial charge in [0.2, 0.25) is 0 Å². The molecule has 28 heavy (non-hydrogen) atoms. The van der Waals surface area contributed by atoms with Crippen LogP contribution in [0, 0.1) is 0 Å². The van der Waals surface area contributed by atoms with Crippen LogP contribution in [0.15, 0.2) is 54.7 Å². The Labute approximate surface area is 164 Å². The molecule has 0 saturated carbocycles. The van der Waals surface area contributed by atoms with E-state index in [0.717, 1.165) is 48.5 Å². The molecule has 2 aromatic carbocycles. The summed E-state index contributed by atoms with van der Waals surface area (Å²) in [4.78, 5) is 21.4. The van der Waals surface area contributed by atoms with E-state index in [1.54, 1.807) is 19.2 Å². The number of nitrogens with zero attached hydrogens (tertiary/aromatic N) is 3. The number of benzene rings is 2. The lowest BCUT2D eigenvalue weighted by atomic mass is 10.1. The van der Waals surface area contributed by atoms with Crippen molar-refractivity contribution in [3.63, 3.8) is 0 Å². The van der Waals surface area contributed by atoms with Gasteiger partial charge in [0, 0.05) is 37.8 Å². The molecule has 1 N–H and O–H groups in total. The number of rotatable bonds is 4. The molecule has 1 aliphatic rings. The van der Waals surface area contributed by atoms with Gasteiger partial charge in [-0.05, 0) is 25.1 Å². The van der Waals surface area contributed by atoms with Gasteiger partial charge in [-0.25, -0.2) is 4.79 Å². The number of phenols is 1. The number of aromatic nitrogens is 1. The van der Waals surface area contributed by atoms with Gasteiger partial charge in [-0.1, -0.05) is 30.3 Å². The van der Waals surface area contributed by atoms with Crippen LogP contribution >= 0.6 is 0 Å². The van der Waals surface area contributed by atoms with Gasteiger partial charge in [-0.2, -0.15) is 0 Å². The predicted octanol–water partition coefficient (Wildman–Crippen LogP) is 3.44. The van der Waals surface area contributed by atoms with Crippen molar-refractivity contribution >= 4 is 28.2 Å². The molecule has 6 heteroatoms. The number of esters is 1. The minimum atomic E-state index is -0.348. The molecule has 1 fully saturated rings. The summed E-state index contributed by atoms with van der Waals surface area (Å²) in [6.07, 6.45) is 1.62. The summed E-state index contributed by atoms with van der Waals surface area (Å²) in [5, 5.41) is 11.1. The molecule has 1 aromatic heterocycles. The first-order valence-electron chi connectivity index (χ1n) is 9.51. The lowest BCUT2D eigenvalue weighted by Gasteiger charge is -2.38. The number of hydrogen-bond donors (Lipinski definition) is 1. The standard InChI is InChI=1S/C22H23N3O3/c1-2-28-22(27)17-15-23-18-8-4-3-7-16(18)21(17)25-13-11-24(12-14-25)19-9-5-6-10-20(19)26/h3-10,15,26H,2,11-14H2,1H3. The van der Waals surface area contributed by atoms with Gasteiger partial charge >= 0.3 is 5.97 Å². The highest BCUT2D eigenvalue weighted by Gasteiger charge is 2.25. The van der Waals surface area contributed by atoms with Crippen LogP contribution in [0.5, 0.6) is 5.75 Å². The Morgan fingerprint density at radius 3 is 2.46 bits per heavy atom. The molecule has 1 saturated heterocycles. The fraction of sp³-hybridized carbons (Fsp3) is 0.273. The lowest BCUT2D eigenvalue weighted by Crippen LogP contribution is -2.47. The van der Waals surface area contributed by atoms with E-state index >= 15 is 0 Å². The van der Waals surface area contributed by atoms with Crippen molar-refractivity contribution in [2.24, 2.45) is 0 Å². The number of para-hydroxylation sites is 3. The van der Waals surface area contributed by atoms with E-state index < -0.39 is 0 Å². The fourth-order valence-corrected chi connectivity index (χ4v) is 3.73. The van der Waals surface area contributed by atoms with Crippen LogP contribution in [0.25, 0.3) is 10.9 Å².